The molecule has 17 heteroatoms. The van der Waals surface area contributed by atoms with Crippen molar-refractivity contribution in [2.75, 3.05) is 20.8 Å². The lowest BCUT2D eigenvalue weighted by Gasteiger charge is -2.33. The summed E-state index contributed by atoms with van der Waals surface area (Å²) in [7, 11) is -1.32. The Kier molecular flexibility index (Phi) is 10.7. The Hall–Kier alpha value is -4.67. The van der Waals surface area contributed by atoms with Gasteiger partial charge in [0.05, 0.1) is 31.0 Å². The highest BCUT2D eigenvalue weighted by atomic mass is 32.2. The molecule has 54 heavy (non-hydrogen) atoms. The normalized spacial score (nSPS) is 30.1. The first-order valence-corrected chi connectivity index (χ1v) is 19.8. The number of amides is 4. The highest BCUT2D eigenvalue weighted by molar-refractivity contribution is 7.91. The summed E-state index contributed by atoms with van der Waals surface area (Å²) in [5.74, 6) is -3.47. The van der Waals surface area contributed by atoms with Crippen molar-refractivity contribution in [2.24, 2.45) is 17.8 Å². The first-order valence-electron chi connectivity index (χ1n) is 18.3. The van der Waals surface area contributed by atoms with Crippen LogP contribution in [0.15, 0.2) is 30.4 Å². The second-order valence-electron chi connectivity index (χ2n) is 15.2. The molecule has 0 radical (unpaired) electrons. The van der Waals surface area contributed by atoms with Gasteiger partial charge in [-0.2, -0.15) is 0 Å². The molecule has 294 valence electrons. The Balaban J connectivity index is 1.38. The van der Waals surface area contributed by atoms with Crippen molar-refractivity contribution in [2.45, 2.75) is 101 Å². The summed E-state index contributed by atoms with van der Waals surface area (Å²) in [5.41, 5.74) is -1.30. The third-order valence-corrected chi connectivity index (χ3v) is 13.6. The molecule has 2 aliphatic carbocycles. The molecule has 1 aromatic carbocycles. The molecule has 2 aromatic rings. The molecular formula is C37H48FN5O10S. The van der Waals surface area contributed by atoms with Gasteiger partial charge in [0.2, 0.25) is 27.7 Å². The van der Waals surface area contributed by atoms with E-state index in [1.807, 2.05) is 26.0 Å². The molecule has 2 aliphatic heterocycles. The van der Waals surface area contributed by atoms with Crippen molar-refractivity contribution >= 4 is 44.7 Å². The van der Waals surface area contributed by atoms with Crippen LogP contribution in [0.2, 0.25) is 0 Å². The number of allylic oxidation sites excluding steroid dienone is 1. The fourth-order valence-electron chi connectivity index (χ4n) is 7.66. The molecule has 6 rings (SSSR count). The van der Waals surface area contributed by atoms with E-state index in [0.29, 0.717) is 44.0 Å². The van der Waals surface area contributed by atoms with E-state index >= 15 is 0 Å². The topological polar surface area (TPSA) is 203 Å². The zero-order chi connectivity index (χ0) is 39.2. The van der Waals surface area contributed by atoms with Gasteiger partial charge in [-0.1, -0.05) is 32.4 Å². The number of nitrogens with zero attached hydrogens (tertiary/aromatic N) is 2. The SMILES string of the molecule is CC[C@@H]1C[C@H](C)CC/C=C\[C@@H]2C[C@@]2(C(=O)NS(=O)(=O)C2(C)CC2)NC(=O)[C@@H]2C[C@@H](Oc3cc(OC)nc4cc(OC)c(F)cc34)CN2C(=O)[C@H]1NC(=O)O. The van der Waals surface area contributed by atoms with Gasteiger partial charge in [0.15, 0.2) is 11.6 Å². The molecule has 3 fully saturated rings. The maximum atomic E-state index is 14.9. The average molecular weight is 774 g/mol. The number of aromatic nitrogens is 1. The molecule has 4 N–H and O–H groups in total. The van der Waals surface area contributed by atoms with Crippen LogP contribution in [0.3, 0.4) is 0 Å². The van der Waals surface area contributed by atoms with Crippen LogP contribution in [0.1, 0.15) is 72.1 Å². The lowest BCUT2D eigenvalue weighted by molar-refractivity contribution is -0.142. The predicted octanol–water partition coefficient (Wildman–Crippen LogP) is 3.65. The molecular weight excluding hydrogens is 725 g/mol. The van der Waals surface area contributed by atoms with E-state index in [0.717, 1.165) is 0 Å². The van der Waals surface area contributed by atoms with Gasteiger partial charge in [-0.3, -0.25) is 19.1 Å². The summed E-state index contributed by atoms with van der Waals surface area (Å²) < 4.78 is 59.2. The summed E-state index contributed by atoms with van der Waals surface area (Å²) in [6.45, 7) is 5.28. The Morgan fingerprint density at radius 3 is 2.52 bits per heavy atom. The van der Waals surface area contributed by atoms with Crippen LogP contribution >= 0.6 is 0 Å². The Bertz CT molecular complexity index is 1970. The Morgan fingerprint density at radius 2 is 1.87 bits per heavy atom. The fraction of sp³-hybridized carbons (Fsp3) is 0.595. The van der Waals surface area contributed by atoms with Crippen molar-refractivity contribution in [3.05, 3.63) is 36.2 Å². The number of ether oxygens (including phenoxy) is 3. The van der Waals surface area contributed by atoms with Crippen LogP contribution in [0.25, 0.3) is 10.9 Å². The summed E-state index contributed by atoms with van der Waals surface area (Å²) in [5, 5.41) is 15.4. The smallest absolute Gasteiger partial charge is 0.405 e. The highest BCUT2D eigenvalue weighted by Crippen LogP contribution is 2.48. The van der Waals surface area contributed by atoms with E-state index in [2.05, 4.69) is 20.3 Å². The number of fused-ring (bicyclic) bond motifs is 3. The fourth-order valence-corrected chi connectivity index (χ4v) is 8.97. The third kappa shape index (κ3) is 7.64. The van der Waals surface area contributed by atoms with Crippen molar-refractivity contribution in [1.29, 1.82) is 0 Å². The molecule has 7 atom stereocenters. The number of pyridine rings is 1. The van der Waals surface area contributed by atoms with Gasteiger partial charge < -0.3 is 34.9 Å². The second-order valence-corrected chi connectivity index (χ2v) is 17.4. The van der Waals surface area contributed by atoms with E-state index in [1.165, 1.54) is 37.3 Å². The van der Waals surface area contributed by atoms with Gasteiger partial charge in [0, 0.05) is 29.9 Å². The van der Waals surface area contributed by atoms with Gasteiger partial charge in [0.1, 0.15) is 29.5 Å². The van der Waals surface area contributed by atoms with Gasteiger partial charge >= 0.3 is 6.09 Å². The first kappa shape index (κ1) is 39.0. The predicted molar refractivity (Wildman–Crippen MR) is 194 cm³/mol. The minimum absolute atomic E-state index is 0.0507. The molecule has 0 bridgehead atoms. The summed E-state index contributed by atoms with van der Waals surface area (Å²) in [6.07, 6.45) is 4.65. The average Bonchev–Trinajstić information content (AvgIpc) is 4.00. The van der Waals surface area contributed by atoms with Crippen molar-refractivity contribution in [3.8, 4) is 17.4 Å². The molecule has 1 aromatic heterocycles. The second kappa shape index (κ2) is 14.9. The maximum absolute atomic E-state index is 14.9. The van der Waals surface area contributed by atoms with Crippen LogP contribution in [-0.4, -0.2) is 96.5 Å². The number of halogens is 1. The number of hydrogen-bond acceptors (Lipinski definition) is 10. The quantitative estimate of drug-likeness (QED) is 0.271. The Morgan fingerprint density at radius 1 is 1.13 bits per heavy atom. The highest BCUT2D eigenvalue weighted by Gasteiger charge is 2.63. The number of hydrogen-bond donors (Lipinski definition) is 4. The molecule has 1 saturated heterocycles. The van der Waals surface area contributed by atoms with Crippen LogP contribution in [0.4, 0.5) is 9.18 Å². The number of rotatable bonds is 9. The van der Waals surface area contributed by atoms with Crippen molar-refractivity contribution in [1.82, 2.24) is 25.2 Å². The monoisotopic (exact) mass is 773 g/mol. The summed E-state index contributed by atoms with van der Waals surface area (Å²) in [4.78, 5) is 60.6. The maximum Gasteiger partial charge on any atom is 0.405 e. The standard InChI is InChI=1S/C37H48FN5O10S/c1-6-21-13-20(2)9-7-8-10-22-18-37(22,34(46)42-54(49,50)36(3)11-12-36)41-32(44)27-14-23(19-43(27)33(45)31(21)40-35(47)48)53-28-17-30(52-5)39-26-16-29(51-4)25(38)15-24(26)28/h8,10,15-17,20-23,27,31,40H,6-7,9,11-14,18-19H2,1-5H3,(H,41,44)(H,42,46)(H,47,48)/b10-8-/t20-,21-,22-,23-,27+,31+,37-/m1/s1. The number of nitrogens with one attached hydrogen (secondary N) is 3. The molecule has 0 spiro atoms. The van der Waals surface area contributed by atoms with Crippen molar-refractivity contribution in [3.63, 3.8) is 0 Å². The zero-order valence-corrected chi connectivity index (χ0v) is 31.8. The zero-order valence-electron chi connectivity index (χ0n) is 31.0. The number of methoxy groups -OCH3 is 2. The molecule has 4 aliphatic rings. The molecule has 3 heterocycles. The van der Waals surface area contributed by atoms with Crippen LogP contribution in [-0.2, 0) is 24.4 Å². The number of sulfonamides is 1. The van der Waals surface area contributed by atoms with Gasteiger partial charge in [-0.25, -0.2) is 22.6 Å². The van der Waals surface area contributed by atoms with Gasteiger partial charge in [0.25, 0.3) is 5.91 Å². The third-order valence-electron chi connectivity index (χ3n) is 11.4. The largest absolute Gasteiger partial charge is 0.494 e. The first-order chi connectivity index (χ1) is 25.5. The molecule has 0 unspecified atom stereocenters. The van der Waals surface area contributed by atoms with Crippen molar-refractivity contribution < 1.29 is 51.3 Å². The minimum atomic E-state index is -4.04. The minimum Gasteiger partial charge on any atom is -0.494 e. The summed E-state index contributed by atoms with van der Waals surface area (Å²) >= 11 is 0. The van der Waals surface area contributed by atoms with Gasteiger partial charge in [-0.05, 0) is 63.4 Å². The van der Waals surface area contributed by atoms with Crippen LogP contribution in [0, 0.1) is 23.6 Å². The number of carbonyl (C=O) groups excluding carboxylic acids is 3. The number of benzene rings is 1. The van der Waals surface area contributed by atoms with E-state index < -0.39 is 80.0 Å². The molecule has 15 nitrogen and oxygen atoms in total. The molecule has 2 saturated carbocycles. The molecule has 4 amide bonds. The van der Waals surface area contributed by atoms with Gasteiger partial charge in [-0.15, -0.1) is 0 Å². The lowest BCUT2D eigenvalue weighted by Crippen LogP contribution is -2.59. The van der Waals surface area contributed by atoms with E-state index in [9.17, 15) is 37.1 Å². The van der Waals surface area contributed by atoms with Crippen LogP contribution < -0.4 is 29.6 Å². The van der Waals surface area contributed by atoms with Crippen LogP contribution in [0.5, 0.6) is 17.4 Å². The van der Waals surface area contributed by atoms with E-state index in [-0.39, 0.29) is 48.1 Å². The number of carboxylic acid groups (broad SMARTS) is 1. The Labute approximate surface area is 313 Å². The lowest BCUT2D eigenvalue weighted by atomic mass is 9.85. The van der Waals surface area contributed by atoms with E-state index in [4.69, 9.17) is 14.2 Å². The number of carbonyl (C=O) groups is 4. The van der Waals surface area contributed by atoms with E-state index in [1.54, 1.807) is 6.92 Å². The summed E-state index contributed by atoms with van der Waals surface area (Å²) in [6, 6.07) is 1.58.